The Balaban J connectivity index is 1.54. The summed E-state index contributed by atoms with van der Waals surface area (Å²) in [5.41, 5.74) is 7.21. The van der Waals surface area contributed by atoms with Gasteiger partial charge in [0.05, 0.1) is 6.54 Å². The van der Waals surface area contributed by atoms with Crippen LogP contribution in [0.1, 0.15) is 5.56 Å². The maximum Gasteiger partial charge on any atom is 0.191 e. The molecule has 1 saturated heterocycles. The molecule has 2 aromatic rings. The molecule has 0 spiro atoms. The van der Waals surface area contributed by atoms with Crippen molar-refractivity contribution >= 4 is 34.0 Å². The van der Waals surface area contributed by atoms with E-state index >= 15 is 0 Å². The maximum atomic E-state index is 6.11. The molecule has 0 saturated carbocycles. The Hall–Kier alpha value is -1.79. The predicted molar refractivity (Wildman–Crippen MR) is 92.7 cm³/mol. The van der Waals surface area contributed by atoms with Gasteiger partial charge >= 0.3 is 0 Å². The first-order chi connectivity index (χ1) is 10.7. The summed E-state index contributed by atoms with van der Waals surface area (Å²) in [6.45, 7) is 4.16. The van der Waals surface area contributed by atoms with Gasteiger partial charge in [0.2, 0.25) is 0 Å². The van der Waals surface area contributed by atoms with Gasteiger partial charge in [-0.15, -0.1) is 11.3 Å². The fourth-order valence-electron chi connectivity index (χ4n) is 2.36. The third kappa shape index (κ3) is 3.69. The largest absolute Gasteiger partial charge is 0.370 e. The summed E-state index contributed by atoms with van der Waals surface area (Å²) in [5, 5.41) is 3.82. The van der Waals surface area contributed by atoms with Crippen LogP contribution in [0.25, 0.3) is 0 Å². The van der Waals surface area contributed by atoms with Crippen LogP contribution in [0.3, 0.4) is 0 Å². The predicted octanol–water partition coefficient (Wildman–Crippen LogP) is 2.43. The highest BCUT2D eigenvalue weighted by Crippen LogP contribution is 2.18. The van der Waals surface area contributed by atoms with Crippen molar-refractivity contribution < 1.29 is 0 Å². The second-order valence-corrected chi connectivity index (χ2v) is 6.40. The van der Waals surface area contributed by atoms with Gasteiger partial charge in [-0.25, -0.2) is 9.98 Å². The highest BCUT2D eigenvalue weighted by atomic mass is 35.5. The van der Waals surface area contributed by atoms with Crippen LogP contribution in [0.2, 0.25) is 5.02 Å². The zero-order valence-corrected chi connectivity index (χ0v) is 13.7. The molecule has 116 valence electrons. The van der Waals surface area contributed by atoms with E-state index in [0.29, 0.717) is 12.5 Å². The molecule has 3 rings (SSSR count). The first-order valence-electron chi connectivity index (χ1n) is 7.16. The summed E-state index contributed by atoms with van der Waals surface area (Å²) >= 11 is 7.55. The Kier molecular flexibility index (Phi) is 4.80. The molecular weight excluding hydrogens is 318 g/mol. The van der Waals surface area contributed by atoms with E-state index in [1.807, 2.05) is 35.8 Å². The third-order valence-corrected chi connectivity index (χ3v) is 4.71. The second kappa shape index (κ2) is 6.98. The minimum absolute atomic E-state index is 0.579. The van der Waals surface area contributed by atoms with Crippen molar-refractivity contribution in [3.63, 3.8) is 0 Å². The number of thiazole rings is 1. The minimum Gasteiger partial charge on any atom is -0.370 e. The molecule has 22 heavy (non-hydrogen) atoms. The van der Waals surface area contributed by atoms with Crippen molar-refractivity contribution in [3.05, 3.63) is 46.4 Å². The first-order valence-corrected chi connectivity index (χ1v) is 8.42. The molecule has 0 aliphatic carbocycles. The fourth-order valence-corrected chi connectivity index (χ4v) is 3.18. The third-order valence-electron chi connectivity index (χ3n) is 3.63. The Bertz CT molecular complexity index is 618. The number of anilines is 1. The van der Waals surface area contributed by atoms with Crippen LogP contribution in [0.15, 0.2) is 40.8 Å². The van der Waals surface area contributed by atoms with Gasteiger partial charge < -0.3 is 15.5 Å². The van der Waals surface area contributed by atoms with Crippen LogP contribution in [-0.2, 0) is 6.54 Å². The van der Waals surface area contributed by atoms with Gasteiger partial charge in [0.25, 0.3) is 0 Å². The van der Waals surface area contributed by atoms with Gasteiger partial charge in [-0.3, -0.25) is 0 Å². The van der Waals surface area contributed by atoms with Gasteiger partial charge in [0.1, 0.15) is 0 Å². The number of piperazine rings is 1. The highest BCUT2D eigenvalue weighted by Gasteiger charge is 2.19. The number of hydrogen-bond acceptors (Lipinski definition) is 4. The normalized spacial score (nSPS) is 16.1. The summed E-state index contributed by atoms with van der Waals surface area (Å²) in [6, 6.07) is 7.68. The molecule has 2 heterocycles. The lowest BCUT2D eigenvalue weighted by molar-refractivity contribution is 0.380. The number of hydrogen-bond donors (Lipinski definition) is 1. The lowest BCUT2D eigenvalue weighted by Crippen LogP contribution is -2.51. The topological polar surface area (TPSA) is 57.8 Å². The van der Waals surface area contributed by atoms with E-state index in [1.54, 1.807) is 11.3 Å². The molecular formula is C15H18ClN5S. The summed E-state index contributed by atoms with van der Waals surface area (Å²) < 4.78 is 0. The van der Waals surface area contributed by atoms with Crippen molar-refractivity contribution in [1.29, 1.82) is 0 Å². The van der Waals surface area contributed by atoms with Gasteiger partial charge in [-0.2, -0.15) is 0 Å². The van der Waals surface area contributed by atoms with Gasteiger partial charge in [-0.05, 0) is 17.7 Å². The number of nitrogens with zero attached hydrogens (tertiary/aromatic N) is 4. The molecule has 0 bridgehead atoms. The molecule has 1 fully saturated rings. The highest BCUT2D eigenvalue weighted by molar-refractivity contribution is 7.13. The zero-order valence-electron chi connectivity index (χ0n) is 12.2. The van der Waals surface area contributed by atoms with E-state index in [2.05, 4.69) is 19.8 Å². The molecule has 1 aliphatic rings. The van der Waals surface area contributed by atoms with Gasteiger partial charge in [-0.1, -0.05) is 23.7 Å². The Morgan fingerprint density at radius 2 is 1.95 bits per heavy atom. The number of halogens is 1. The summed E-state index contributed by atoms with van der Waals surface area (Å²) in [5.74, 6) is 0.605. The summed E-state index contributed by atoms with van der Waals surface area (Å²) in [4.78, 5) is 13.2. The van der Waals surface area contributed by atoms with Crippen molar-refractivity contribution in [3.8, 4) is 0 Å². The van der Waals surface area contributed by atoms with Crippen LogP contribution >= 0.6 is 22.9 Å². The second-order valence-electron chi connectivity index (χ2n) is 5.09. The molecule has 1 aromatic carbocycles. The van der Waals surface area contributed by atoms with Crippen LogP contribution in [0, 0.1) is 0 Å². The molecule has 1 aromatic heterocycles. The van der Waals surface area contributed by atoms with Crippen LogP contribution in [0.5, 0.6) is 0 Å². The van der Waals surface area contributed by atoms with E-state index < -0.39 is 0 Å². The van der Waals surface area contributed by atoms with E-state index in [0.717, 1.165) is 41.9 Å². The number of aliphatic imine (C=N–C) groups is 1. The lowest BCUT2D eigenvalue weighted by atomic mass is 10.2. The minimum atomic E-state index is 0.579. The first kappa shape index (κ1) is 15.1. The summed E-state index contributed by atoms with van der Waals surface area (Å²) in [7, 11) is 0. The zero-order chi connectivity index (χ0) is 15.4. The molecule has 0 unspecified atom stereocenters. The monoisotopic (exact) mass is 335 g/mol. The SMILES string of the molecule is NC(=NCc1ccc(Cl)cc1)N1CCN(c2nccs2)CC1. The molecule has 7 heteroatoms. The number of rotatable bonds is 3. The molecule has 2 N–H and O–H groups in total. The Morgan fingerprint density at radius 3 is 2.59 bits per heavy atom. The van der Waals surface area contributed by atoms with Crippen molar-refractivity contribution in [2.45, 2.75) is 6.54 Å². The molecule has 5 nitrogen and oxygen atoms in total. The number of benzene rings is 1. The Labute approximate surface area is 139 Å². The molecule has 0 amide bonds. The van der Waals surface area contributed by atoms with Crippen LogP contribution < -0.4 is 10.6 Å². The average Bonchev–Trinajstić information content (AvgIpc) is 3.09. The quantitative estimate of drug-likeness (QED) is 0.691. The van der Waals surface area contributed by atoms with Crippen LogP contribution in [-0.4, -0.2) is 42.0 Å². The smallest absolute Gasteiger partial charge is 0.191 e. The van der Waals surface area contributed by atoms with Crippen molar-refractivity contribution in [2.24, 2.45) is 10.7 Å². The van der Waals surface area contributed by atoms with E-state index in [1.165, 1.54) is 0 Å². The number of aromatic nitrogens is 1. The van der Waals surface area contributed by atoms with E-state index in [9.17, 15) is 0 Å². The van der Waals surface area contributed by atoms with E-state index in [4.69, 9.17) is 17.3 Å². The molecule has 0 atom stereocenters. The van der Waals surface area contributed by atoms with E-state index in [-0.39, 0.29) is 0 Å². The maximum absolute atomic E-state index is 6.11. The van der Waals surface area contributed by atoms with Gasteiger partial charge in [0.15, 0.2) is 11.1 Å². The standard InChI is InChI=1S/C15H18ClN5S/c16-13-3-1-12(2-4-13)11-19-14(17)20-6-8-21(9-7-20)15-18-5-10-22-15/h1-5,10H,6-9,11H2,(H2,17,19). The van der Waals surface area contributed by atoms with Crippen LogP contribution in [0.4, 0.5) is 5.13 Å². The molecule has 0 radical (unpaired) electrons. The molecule has 1 aliphatic heterocycles. The lowest BCUT2D eigenvalue weighted by Gasteiger charge is -2.35. The van der Waals surface area contributed by atoms with Crippen molar-refractivity contribution in [2.75, 3.05) is 31.1 Å². The van der Waals surface area contributed by atoms with Gasteiger partial charge in [0, 0.05) is 42.8 Å². The average molecular weight is 336 g/mol. The number of guanidine groups is 1. The summed E-state index contributed by atoms with van der Waals surface area (Å²) in [6.07, 6.45) is 1.84. The number of nitrogens with two attached hydrogens (primary N) is 1. The van der Waals surface area contributed by atoms with Crippen molar-refractivity contribution in [1.82, 2.24) is 9.88 Å². The fraction of sp³-hybridized carbons (Fsp3) is 0.333. The Morgan fingerprint density at radius 1 is 1.23 bits per heavy atom.